The molecule has 1 saturated carbocycles. The van der Waals surface area contributed by atoms with Crippen LogP contribution in [0.4, 0.5) is 5.69 Å². The minimum absolute atomic E-state index is 0.165. The first-order chi connectivity index (χ1) is 8.13. The quantitative estimate of drug-likeness (QED) is 0.810. The van der Waals surface area contributed by atoms with Gasteiger partial charge < -0.3 is 15.8 Å². The van der Waals surface area contributed by atoms with Crippen LogP contribution in [0.3, 0.4) is 0 Å². The maximum atomic E-state index is 11.9. The summed E-state index contributed by atoms with van der Waals surface area (Å²) in [6, 6.07) is 0.431. The van der Waals surface area contributed by atoms with Gasteiger partial charge in [0.15, 0.2) is 0 Å². The monoisotopic (exact) mass is 302 g/mol. The van der Waals surface area contributed by atoms with Gasteiger partial charge in [-0.05, 0) is 22.4 Å². The summed E-state index contributed by atoms with van der Waals surface area (Å²) in [7, 11) is 1.59. The number of ether oxygens (including phenoxy) is 1. The van der Waals surface area contributed by atoms with Gasteiger partial charge in [0, 0.05) is 19.2 Å². The zero-order valence-electron chi connectivity index (χ0n) is 9.52. The summed E-state index contributed by atoms with van der Waals surface area (Å²) in [4.78, 5) is 11.9. The fourth-order valence-electron chi connectivity index (χ4n) is 1.48. The van der Waals surface area contributed by atoms with Crippen molar-refractivity contribution < 1.29 is 4.74 Å². The third-order valence-electron chi connectivity index (χ3n) is 2.67. The van der Waals surface area contributed by atoms with Crippen LogP contribution < -0.4 is 16.6 Å². The number of anilines is 1. The Bertz CT molecular complexity index is 462. The second-order valence-corrected chi connectivity index (χ2v) is 4.84. The van der Waals surface area contributed by atoms with Crippen LogP contribution in [0.15, 0.2) is 15.5 Å². The number of rotatable bonds is 5. The SMILES string of the molecule is COCCn1ncc(NC2CC2N)c(Br)c1=O. The Morgan fingerprint density at radius 3 is 3.06 bits per heavy atom. The molecule has 1 aliphatic carbocycles. The summed E-state index contributed by atoms with van der Waals surface area (Å²) >= 11 is 3.28. The summed E-state index contributed by atoms with van der Waals surface area (Å²) in [5.41, 5.74) is 6.23. The lowest BCUT2D eigenvalue weighted by Crippen LogP contribution is -2.27. The maximum Gasteiger partial charge on any atom is 0.283 e. The van der Waals surface area contributed by atoms with Crippen LogP contribution in [0.25, 0.3) is 0 Å². The Labute approximate surface area is 107 Å². The van der Waals surface area contributed by atoms with Crippen LogP contribution in [-0.2, 0) is 11.3 Å². The molecule has 7 heteroatoms. The lowest BCUT2D eigenvalue weighted by molar-refractivity contribution is 0.181. The van der Waals surface area contributed by atoms with E-state index in [0.29, 0.717) is 23.3 Å². The maximum absolute atomic E-state index is 11.9. The molecule has 0 saturated heterocycles. The van der Waals surface area contributed by atoms with E-state index in [1.165, 1.54) is 4.68 Å². The summed E-state index contributed by atoms with van der Waals surface area (Å²) in [5.74, 6) is 0. The van der Waals surface area contributed by atoms with E-state index in [2.05, 4.69) is 26.3 Å². The van der Waals surface area contributed by atoms with Crippen LogP contribution in [0.1, 0.15) is 6.42 Å². The molecule has 1 aromatic heterocycles. The number of nitrogens with two attached hydrogens (primary N) is 1. The van der Waals surface area contributed by atoms with Gasteiger partial charge in [0.1, 0.15) is 4.47 Å². The molecule has 1 heterocycles. The van der Waals surface area contributed by atoms with Crippen LogP contribution in [0, 0.1) is 0 Å². The molecule has 0 amide bonds. The minimum atomic E-state index is -0.165. The zero-order chi connectivity index (χ0) is 12.4. The van der Waals surface area contributed by atoms with Crippen LogP contribution >= 0.6 is 15.9 Å². The van der Waals surface area contributed by atoms with Gasteiger partial charge in [-0.15, -0.1) is 0 Å². The van der Waals surface area contributed by atoms with Crippen molar-refractivity contribution in [2.45, 2.75) is 25.0 Å². The van der Waals surface area contributed by atoms with Crippen molar-refractivity contribution in [3.63, 3.8) is 0 Å². The van der Waals surface area contributed by atoms with Gasteiger partial charge in [-0.1, -0.05) is 0 Å². The largest absolute Gasteiger partial charge is 0.383 e. The summed E-state index contributed by atoms with van der Waals surface area (Å²) in [6.45, 7) is 0.900. The predicted octanol–water partition coefficient (Wildman–Crippen LogP) is 0.164. The number of hydrogen-bond acceptors (Lipinski definition) is 5. The predicted molar refractivity (Wildman–Crippen MR) is 68.1 cm³/mol. The average Bonchev–Trinajstić information content (AvgIpc) is 3.00. The summed E-state index contributed by atoms with van der Waals surface area (Å²) in [6.07, 6.45) is 2.56. The van der Waals surface area contributed by atoms with E-state index in [0.717, 1.165) is 6.42 Å². The van der Waals surface area contributed by atoms with Crippen LogP contribution in [0.5, 0.6) is 0 Å². The van der Waals surface area contributed by atoms with Crippen molar-refractivity contribution in [2.24, 2.45) is 5.73 Å². The Hall–Kier alpha value is -0.920. The number of hydrogen-bond donors (Lipinski definition) is 2. The Kier molecular flexibility index (Phi) is 3.80. The fourth-order valence-corrected chi connectivity index (χ4v) is 1.90. The molecule has 2 unspecified atom stereocenters. The standard InChI is InChI=1S/C10H15BrN4O2/c1-17-3-2-15-10(16)9(11)8(5-13-15)14-7-4-6(7)12/h5-7,14H,2-4,12H2,1H3. The van der Waals surface area contributed by atoms with E-state index in [1.54, 1.807) is 13.3 Å². The highest BCUT2D eigenvalue weighted by Crippen LogP contribution is 2.26. The third kappa shape index (κ3) is 2.85. The molecule has 0 radical (unpaired) electrons. The fraction of sp³-hybridized carbons (Fsp3) is 0.600. The molecule has 3 N–H and O–H groups in total. The second kappa shape index (κ2) is 5.16. The zero-order valence-corrected chi connectivity index (χ0v) is 11.1. The normalized spacial score (nSPS) is 22.5. The molecule has 1 aromatic rings. The van der Waals surface area contributed by atoms with Crippen molar-refractivity contribution >= 4 is 21.6 Å². The van der Waals surface area contributed by atoms with Crippen molar-refractivity contribution in [3.05, 3.63) is 21.0 Å². The molecule has 94 valence electrons. The highest BCUT2D eigenvalue weighted by molar-refractivity contribution is 9.10. The van der Waals surface area contributed by atoms with E-state index < -0.39 is 0 Å². The van der Waals surface area contributed by atoms with Gasteiger partial charge >= 0.3 is 0 Å². The van der Waals surface area contributed by atoms with Gasteiger partial charge in [0.05, 0.1) is 25.0 Å². The van der Waals surface area contributed by atoms with Crippen LogP contribution in [0.2, 0.25) is 0 Å². The first kappa shape index (κ1) is 12.5. The van der Waals surface area contributed by atoms with Crippen molar-refractivity contribution in [1.29, 1.82) is 0 Å². The average molecular weight is 303 g/mol. The Morgan fingerprint density at radius 2 is 2.47 bits per heavy atom. The molecule has 1 aliphatic rings. The molecule has 6 nitrogen and oxygen atoms in total. The molecule has 2 rings (SSSR count). The molecule has 1 fully saturated rings. The Morgan fingerprint density at radius 1 is 1.76 bits per heavy atom. The van der Waals surface area contributed by atoms with Gasteiger partial charge in [0.2, 0.25) is 0 Å². The molecular weight excluding hydrogens is 288 g/mol. The highest BCUT2D eigenvalue weighted by Gasteiger charge is 2.33. The molecular formula is C10H15BrN4O2. The molecule has 0 aliphatic heterocycles. The summed E-state index contributed by atoms with van der Waals surface area (Å²) in [5, 5.41) is 7.25. The molecule has 2 atom stereocenters. The first-order valence-electron chi connectivity index (χ1n) is 5.40. The molecule has 0 bridgehead atoms. The van der Waals surface area contributed by atoms with E-state index in [-0.39, 0.29) is 17.6 Å². The van der Waals surface area contributed by atoms with E-state index >= 15 is 0 Å². The van der Waals surface area contributed by atoms with Gasteiger partial charge in [-0.3, -0.25) is 4.79 Å². The van der Waals surface area contributed by atoms with E-state index in [1.807, 2.05) is 0 Å². The van der Waals surface area contributed by atoms with Gasteiger partial charge in [0.25, 0.3) is 5.56 Å². The number of aromatic nitrogens is 2. The minimum Gasteiger partial charge on any atom is -0.383 e. The third-order valence-corrected chi connectivity index (χ3v) is 3.44. The molecule has 0 aromatic carbocycles. The lowest BCUT2D eigenvalue weighted by atomic mass is 10.4. The van der Waals surface area contributed by atoms with E-state index in [9.17, 15) is 4.79 Å². The Balaban J connectivity index is 2.14. The summed E-state index contributed by atoms with van der Waals surface area (Å²) < 4.78 is 6.77. The van der Waals surface area contributed by atoms with Crippen molar-refractivity contribution in [3.8, 4) is 0 Å². The molecule has 17 heavy (non-hydrogen) atoms. The number of halogens is 1. The van der Waals surface area contributed by atoms with Crippen molar-refractivity contribution in [2.75, 3.05) is 19.0 Å². The number of methoxy groups -OCH3 is 1. The van der Waals surface area contributed by atoms with Crippen molar-refractivity contribution in [1.82, 2.24) is 9.78 Å². The van der Waals surface area contributed by atoms with Gasteiger partial charge in [-0.25, -0.2) is 4.68 Å². The second-order valence-electron chi connectivity index (χ2n) is 4.04. The van der Waals surface area contributed by atoms with E-state index in [4.69, 9.17) is 10.5 Å². The van der Waals surface area contributed by atoms with Gasteiger partial charge in [-0.2, -0.15) is 5.10 Å². The smallest absolute Gasteiger partial charge is 0.283 e. The first-order valence-corrected chi connectivity index (χ1v) is 6.19. The van der Waals surface area contributed by atoms with Crippen LogP contribution in [-0.4, -0.2) is 35.6 Å². The number of nitrogens with one attached hydrogen (secondary N) is 1. The lowest BCUT2D eigenvalue weighted by Gasteiger charge is -2.09. The highest BCUT2D eigenvalue weighted by atomic mass is 79.9. The topological polar surface area (TPSA) is 82.2 Å². The number of nitrogens with zero attached hydrogens (tertiary/aromatic N) is 2. The molecule has 0 spiro atoms.